The van der Waals surface area contributed by atoms with Gasteiger partial charge in [0.05, 0.1) is 24.0 Å². The summed E-state index contributed by atoms with van der Waals surface area (Å²) in [4.78, 5) is 38.5. The van der Waals surface area contributed by atoms with Crippen LogP contribution < -0.4 is 15.8 Å². The summed E-state index contributed by atoms with van der Waals surface area (Å²) in [6, 6.07) is 11.1. The number of hydrogen-bond donors (Lipinski definition) is 2. The van der Waals surface area contributed by atoms with Crippen LogP contribution in [0.25, 0.3) is 0 Å². The number of nitrogens with one attached hydrogen (secondary N) is 1. The summed E-state index contributed by atoms with van der Waals surface area (Å²) in [6.45, 7) is 12.4. The number of nitrogens with zero attached hydrogens (tertiary/aromatic N) is 3. The molecule has 8 nitrogen and oxygen atoms in total. The third-order valence-electron chi connectivity index (χ3n) is 9.19. The summed E-state index contributed by atoms with van der Waals surface area (Å²) in [5, 5.41) is 3.34. The van der Waals surface area contributed by atoms with Crippen molar-refractivity contribution in [3.8, 4) is 5.75 Å². The van der Waals surface area contributed by atoms with Gasteiger partial charge in [-0.25, -0.2) is 4.99 Å². The molecule has 2 amide bonds. The van der Waals surface area contributed by atoms with Crippen molar-refractivity contribution < 1.29 is 14.3 Å². The van der Waals surface area contributed by atoms with Gasteiger partial charge in [0.2, 0.25) is 11.8 Å². The summed E-state index contributed by atoms with van der Waals surface area (Å²) >= 11 is 0. The fourth-order valence-electron chi connectivity index (χ4n) is 6.81. The summed E-state index contributed by atoms with van der Waals surface area (Å²) < 4.78 is 6.17. The fourth-order valence-corrected chi connectivity index (χ4v) is 6.81. The Kier molecular flexibility index (Phi) is 6.72. The SMILES string of the molecule is CCC1(CC)CC(=O)N([C@H](c2cccnc2)C2C(C(=O)N[C@H]3CC(C)(C)Oc4ccccc43)C2(C)C)C(N)=N1. The maximum absolute atomic E-state index is 14.0. The van der Waals surface area contributed by atoms with Gasteiger partial charge in [-0.1, -0.05) is 52.0 Å². The van der Waals surface area contributed by atoms with Crippen LogP contribution in [0.1, 0.15) is 90.4 Å². The Labute approximate surface area is 231 Å². The molecule has 0 saturated heterocycles. The molecule has 0 radical (unpaired) electrons. The highest BCUT2D eigenvalue weighted by atomic mass is 16.5. The first kappa shape index (κ1) is 27.2. The number of hydrogen-bond acceptors (Lipinski definition) is 6. The van der Waals surface area contributed by atoms with Gasteiger partial charge in [0, 0.05) is 36.2 Å². The number of amides is 2. The largest absolute Gasteiger partial charge is 0.487 e. The first-order valence-electron chi connectivity index (χ1n) is 14.1. The summed E-state index contributed by atoms with van der Waals surface area (Å²) in [7, 11) is 0. The van der Waals surface area contributed by atoms with E-state index < -0.39 is 17.2 Å². The van der Waals surface area contributed by atoms with Gasteiger partial charge in [0.15, 0.2) is 5.96 Å². The Morgan fingerprint density at radius 2 is 1.87 bits per heavy atom. The molecule has 3 heterocycles. The van der Waals surface area contributed by atoms with Crippen LogP contribution in [0.3, 0.4) is 0 Å². The predicted octanol–water partition coefficient (Wildman–Crippen LogP) is 4.92. The number of aromatic nitrogens is 1. The average Bonchev–Trinajstić information content (AvgIpc) is 3.46. The number of fused-ring (bicyclic) bond motifs is 1. The van der Waals surface area contributed by atoms with Crippen molar-refractivity contribution >= 4 is 17.8 Å². The monoisotopic (exact) mass is 531 g/mol. The van der Waals surface area contributed by atoms with Crippen LogP contribution >= 0.6 is 0 Å². The van der Waals surface area contributed by atoms with Crippen LogP contribution in [0.2, 0.25) is 0 Å². The highest BCUT2D eigenvalue weighted by molar-refractivity contribution is 6.00. The van der Waals surface area contributed by atoms with E-state index in [4.69, 9.17) is 15.5 Å². The maximum atomic E-state index is 14.0. The number of rotatable bonds is 7. The van der Waals surface area contributed by atoms with Gasteiger partial charge in [0.1, 0.15) is 11.4 Å². The predicted molar refractivity (Wildman–Crippen MR) is 151 cm³/mol. The summed E-state index contributed by atoms with van der Waals surface area (Å²) in [5.74, 6) is 0.487. The third-order valence-corrected chi connectivity index (χ3v) is 9.19. The molecule has 39 heavy (non-hydrogen) atoms. The van der Waals surface area contributed by atoms with Gasteiger partial charge in [-0.2, -0.15) is 0 Å². The number of para-hydroxylation sites is 1. The van der Waals surface area contributed by atoms with Crippen molar-refractivity contribution in [2.45, 2.75) is 90.4 Å². The van der Waals surface area contributed by atoms with Crippen LogP contribution in [0.4, 0.5) is 0 Å². The van der Waals surface area contributed by atoms with Gasteiger partial charge in [-0.15, -0.1) is 0 Å². The third kappa shape index (κ3) is 4.79. The van der Waals surface area contributed by atoms with Gasteiger partial charge < -0.3 is 15.8 Å². The molecular formula is C31H41N5O3. The van der Waals surface area contributed by atoms with E-state index in [1.54, 1.807) is 17.3 Å². The molecular weight excluding hydrogens is 490 g/mol. The number of carbonyl (C=O) groups excluding carboxylic acids is 2. The number of ether oxygens (including phenoxy) is 1. The normalized spacial score (nSPS) is 27.0. The Hall–Kier alpha value is -3.42. The molecule has 1 aliphatic carbocycles. The van der Waals surface area contributed by atoms with Crippen molar-refractivity contribution in [1.82, 2.24) is 15.2 Å². The Morgan fingerprint density at radius 1 is 1.15 bits per heavy atom. The Morgan fingerprint density at radius 3 is 2.51 bits per heavy atom. The maximum Gasteiger partial charge on any atom is 0.232 e. The Bertz CT molecular complexity index is 1280. The van der Waals surface area contributed by atoms with Crippen molar-refractivity contribution in [2.75, 3.05) is 0 Å². The molecule has 0 bridgehead atoms. The van der Waals surface area contributed by atoms with E-state index in [1.165, 1.54) is 0 Å². The number of carbonyl (C=O) groups is 2. The van der Waals surface area contributed by atoms with E-state index in [0.29, 0.717) is 12.8 Å². The van der Waals surface area contributed by atoms with Gasteiger partial charge in [-0.3, -0.25) is 19.5 Å². The minimum Gasteiger partial charge on any atom is -0.487 e. The molecule has 0 spiro atoms. The van der Waals surface area contributed by atoms with Crippen molar-refractivity contribution in [1.29, 1.82) is 0 Å². The molecule has 4 atom stereocenters. The number of pyridine rings is 1. The molecule has 3 aliphatic rings. The first-order chi connectivity index (χ1) is 18.4. The second-order valence-corrected chi connectivity index (χ2v) is 12.6. The Balaban J connectivity index is 1.47. The van der Waals surface area contributed by atoms with Crippen LogP contribution in [0.15, 0.2) is 53.8 Å². The van der Waals surface area contributed by atoms with E-state index in [1.807, 2.05) is 64.1 Å². The van der Waals surface area contributed by atoms with Crippen molar-refractivity contribution in [3.05, 3.63) is 59.9 Å². The summed E-state index contributed by atoms with van der Waals surface area (Å²) in [5.41, 5.74) is 7.16. The van der Waals surface area contributed by atoms with Gasteiger partial charge in [-0.05, 0) is 49.8 Å². The van der Waals surface area contributed by atoms with Crippen molar-refractivity contribution in [2.24, 2.45) is 28.0 Å². The lowest BCUT2D eigenvalue weighted by molar-refractivity contribution is -0.132. The molecule has 8 heteroatoms. The van der Waals surface area contributed by atoms with E-state index in [2.05, 4.69) is 24.1 Å². The van der Waals surface area contributed by atoms with E-state index >= 15 is 0 Å². The zero-order valence-electron chi connectivity index (χ0n) is 23.9. The van der Waals surface area contributed by atoms with Crippen LogP contribution in [-0.2, 0) is 9.59 Å². The number of benzene rings is 1. The molecule has 1 aromatic carbocycles. The fraction of sp³-hybridized carbons (Fsp3) is 0.548. The smallest absolute Gasteiger partial charge is 0.232 e. The molecule has 5 rings (SSSR count). The molecule has 1 aromatic heterocycles. The number of guanidine groups is 1. The summed E-state index contributed by atoms with van der Waals surface area (Å²) in [6.07, 6.45) is 5.93. The van der Waals surface area contributed by atoms with Crippen LogP contribution in [-0.4, -0.2) is 38.8 Å². The highest BCUT2D eigenvalue weighted by Crippen LogP contribution is 2.65. The van der Waals surface area contributed by atoms with Crippen LogP contribution in [0, 0.1) is 17.3 Å². The minimum absolute atomic E-state index is 0.0205. The molecule has 3 N–H and O–H groups in total. The topological polar surface area (TPSA) is 110 Å². The lowest BCUT2D eigenvalue weighted by Crippen LogP contribution is -2.53. The molecule has 2 aliphatic heterocycles. The zero-order valence-corrected chi connectivity index (χ0v) is 23.9. The first-order valence-corrected chi connectivity index (χ1v) is 14.1. The lowest BCUT2D eigenvalue weighted by Gasteiger charge is -2.40. The number of aliphatic imine (C=N–C) groups is 1. The molecule has 208 valence electrons. The lowest BCUT2D eigenvalue weighted by atomic mass is 9.86. The second kappa shape index (κ2) is 9.65. The van der Waals surface area contributed by atoms with Crippen LogP contribution in [0.5, 0.6) is 5.75 Å². The second-order valence-electron chi connectivity index (χ2n) is 12.6. The minimum atomic E-state index is -0.476. The highest BCUT2D eigenvalue weighted by Gasteiger charge is 2.67. The van der Waals surface area contributed by atoms with E-state index in [9.17, 15) is 9.59 Å². The molecule has 2 aromatic rings. The van der Waals surface area contributed by atoms with E-state index in [-0.39, 0.29) is 41.1 Å². The molecule has 2 unspecified atom stereocenters. The quantitative estimate of drug-likeness (QED) is 0.527. The van der Waals surface area contributed by atoms with Crippen molar-refractivity contribution in [3.63, 3.8) is 0 Å². The molecule has 1 fully saturated rings. The average molecular weight is 532 g/mol. The van der Waals surface area contributed by atoms with Gasteiger partial charge in [0.25, 0.3) is 0 Å². The number of nitrogens with two attached hydrogens (primary N) is 1. The standard InChI is InChI=1S/C31H41N5O3/c1-7-31(8-2)17-23(37)36(28(32)35-31)26(19-12-11-15-33-18-19)24-25(30(24,5)6)27(38)34-21-16-29(3,4)39-22-14-10-9-13-20(21)22/h9-15,18,21,24-26H,7-8,16-17H2,1-6H3,(H2,32,35)(H,34,38)/t21-,24?,25?,26+/m0/s1. The zero-order chi connectivity index (χ0) is 28.2. The van der Waals surface area contributed by atoms with Gasteiger partial charge >= 0.3 is 0 Å². The van der Waals surface area contributed by atoms with E-state index in [0.717, 1.165) is 29.7 Å². The molecule has 1 saturated carbocycles.